The maximum absolute atomic E-state index is 12.5. The molecule has 12 nitrogen and oxygen atoms in total. The minimum atomic E-state index is -4.08. The van der Waals surface area contributed by atoms with Crippen LogP contribution in [0.4, 0.5) is 5.82 Å². The first kappa shape index (κ1) is 28.3. The second-order valence-electron chi connectivity index (χ2n) is 9.90. The van der Waals surface area contributed by atoms with Gasteiger partial charge in [-0.05, 0) is 37.3 Å². The van der Waals surface area contributed by atoms with Gasteiger partial charge in [-0.3, -0.25) is 14.6 Å². The average molecular weight is 578 g/mol. The van der Waals surface area contributed by atoms with Crippen molar-refractivity contribution in [3.05, 3.63) is 66.6 Å². The molecule has 0 aliphatic carbocycles. The molecule has 0 bridgehead atoms. The number of primary sulfonamides is 1. The van der Waals surface area contributed by atoms with Crippen molar-refractivity contribution in [2.75, 3.05) is 45.2 Å². The Morgan fingerprint density at radius 3 is 2.49 bits per heavy atom. The number of nitrogens with zero attached hydrogens (tertiary/aromatic N) is 6. The van der Waals surface area contributed by atoms with E-state index in [-0.39, 0.29) is 18.1 Å². The number of amides is 1. The molecule has 3 aromatic rings. The van der Waals surface area contributed by atoms with Crippen LogP contribution >= 0.6 is 0 Å². The van der Waals surface area contributed by atoms with Crippen molar-refractivity contribution in [1.82, 2.24) is 24.8 Å². The zero-order valence-corrected chi connectivity index (χ0v) is 23.8. The number of fused-ring (bicyclic) bond motifs is 1. The van der Waals surface area contributed by atoms with E-state index in [2.05, 4.69) is 19.9 Å². The summed E-state index contributed by atoms with van der Waals surface area (Å²) in [6.45, 7) is 3.51. The van der Waals surface area contributed by atoms with Crippen LogP contribution in [0.25, 0.3) is 27.9 Å². The molecule has 4 heterocycles. The number of carbonyl (C=O) groups excluding carboxylic acids is 2. The predicted octanol–water partition coefficient (Wildman–Crippen LogP) is 1.75. The number of ketones is 1. The zero-order valence-electron chi connectivity index (χ0n) is 23.0. The van der Waals surface area contributed by atoms with Crippen LogP contribution in [0.3, 0.4) is 0 Å². The van der Waals surface area contributed by atoms with Gasteiger partial charge in [0.25, 0.3) is 15.1 Å². The molecule has 1 saturated heterocycles. The number of anilines is 1. The lowest BCUT2D eigenvalue weighted by Crippen LogP contribution is -2.53. The Hall–Kier alpha value is -4.20. The second kappa shape index (κ2) is 11.0. The van der Waals surface area contributed by atoms with E-state index < -0.39 is 15.1 Å². The number of hydrogen-bond donors (Lipinski definition) is 1. The number of carbonyl (C=O) groups is 2. The van der Waals surface area contributed by atoms with E-state index in [0.29, 0.717) is 37.6 Å². The fourth-order valence-corrected chi connectivity index (χ4v) is 6.36. The molecule has 0 saturated carbocycles. The Bertz CT molecular complexity index is 1680. The van der Waals surface area contributed by atoms with Crippen LogP contribution in [0.2, 0.25) is 0 Å². The molecule has 0 spiro atoms. The number of nitrogens with two attached hydrogens (primary N) is 1. The van der Waals surface area contributed by atoms with Crippen LogP contribution in [0.1, 0.15) is 18.9 Å². The summed E-state index contributed by atoms with van der Waals surface area (Å²) in [6, 6.07) is 9.46. The van der Waals surface area contributed by atoms with E-state index in [0.717, 1.165) is 27.8 Å². The first-order chi connectivity index (χ1) is 19.6. The monoisotopic (exact) mass is 577 g/mol. The molecule has 1 atom stereocenters. The van der Waals surface area contributed by atoms with Crippen LogP contribution in [-0.4, -0.2) is 90.3 Å². The van der Waals surface area contributed by atoms with Gasteiger partial charge in [0.05, 0.1) is 11.2 Å². The van der Waals surface area contributed by atoms with Crippen LogP contribution in [0.5, 0.6) is 0 Å². The molecule has 2 aliphatic rings. The fourth-order valence-electron chi connectivity index (χ4n) is 5.33. The molecular weight excluding hydrogens is 546 g/mol. The number of benzene rings is 1. The Balaban J connectivity index is 1.47. The molecule has 1 unspecified atom stereocenters. The van der Waals surface area contributed by atoms with Crippen molar-refractivity contribution >= 4 is 44.1 Å². The zero-order chi connectivity index (χ0) is 29.4. The van der Waals surface area contributed by atoms with E-state index in [4.69, 9.17) is 9.88 Å². The molecule has 41 heavy (non-hydrogen) atoms. The Kier molecular flexibility index (Phi) is 7.60. The number of hydrogen-bond acceptors (Lipinski definition) is 10. The van der Waals surface area contributed by atoms with Gasteiger partial charge in [0.1, 0.15) is 12.1 Å². The Labute approximate surface area is 238 Å². The Morgan fingerprint density at radius 1 is 1.07 bits per heavy atom. The maximum Gasteiger partial charge on any atom is 0.262 e. The molecule has 13 heteroatoms. The van der Waals surface area contributed by atoms with Gasteiger partial charge in [0.15, 0.2) is 5.78 Å². The summed E-state index contributed by atoms with van der Waals surface area (Å²) in [4.78, 5) is 42.6. The molecule has 214 valence electrons. The molecule has 0 radical (unpaired) electrons. The summed E-state index contributed by atoms with van der Waals surface area (Å²) in [6.07, 6.45) is 7.65. The van der Waals surface area contributed by atoms with Crippen molar-refractivity contribution in [1.29, 1.82) is 0 Å². The summed E-state index contributed by atoms with van der Waals surface area (Å²) >= 11 is 0. The molecule has 2 N–H and O–H groups in total. The van der Waals surface area contributed by atoms with Gasteiger partial charge >= 0.3 is 0 Å². The van der Waals surface area contributed by atoms with Gasteiger partial charge < -0.3 is 19.4 Å². The second-order valence-corrected chi connectivity index (χ2v) is 11.6. The van der Waals surface area contributed by atoms with Crippen molar-refractivity contribution in [2.24, 2.45) is 5.14 Å². The van der Waals surface area contributed by atoms with Gasteiger partial charge in [0, 0.05) is 81.2 Å². The third kappa shape index (κ3) is 5.19. The average Bonchev–Trinajstić information content (AvgIpc) is 3.32. The van der Waals surface area contributed by atoms with Crippen LogP contribution in [0, 0.1) is 0 Å². The maximum atomic E-state index is 12.5. The molecule has 5 rings (SSSR count). The third-order valence-corrected chi connectivity index (χ3v) is 9.01. The third-order valence-electron chi connectivity index (χ3n) is 7.51. The molecular formula is C28H31N7O5S. The summed E-state index contributed by atoms with van der Waals surface area (Å²) in [7, 11) is -1.12. The van der Waals surface area contributed by atoms with Gasteiger partial charge in [-0.25, -0.2) is 23.5 Å². The highest BCUT2D eigenvalue weighted by Gasteiger charge is 2.50. The van der Waals surface area contributed by atoms with E-state index in [1.165, 1.54) is 37.4 Å². The van der Waals surface area contributed by atoms with Gasteiger partial charge in [-0.2, -0.15) is 0 Å². The van der Waals surface area contributed by atoms with E-state index >= 15 is 0 Å². The summed E-state index contributed by atoms with van der Waals surface area (Å²) in [5.74, 6) is 0.378. The highest BCUT2D eigenvalue weighted by atomic mass is 32.2. The predicted molar refractivity (Wildman–Crippen MR) is 155 cm³/mol. The van der Waals surface area contributed by atoms with Gasteiger partial charge in [-0.15, -0.1) is 0 Å². The van der Waals surface area contributed by atoms with E-state index in [9.17, 15) is 18.0 Å². The van der Waals surface area contributed by atoms with Crippen molar-refractivity contribution in [3.63, 3.8) is 0 Å². The smallest absolute Gasteiger partial charge is 0.262 e. The minimum absolute atomic E-state index is 0.0667. The lowest BCUT2D eigenvalue weighted by atomic mass is 10.0. The molecule has 1 amide bonds. The summed E-state index contributed by atoms with van der Waals surface area (Å²) in [5.41, 5.74) is 3.56. The van der Waals surface area contributed by atoms with Crippen LogP contribution in [0.15, 0.2) is 61.1 Å². The topological polar surface area (TPSA) is 152 Å². The Morgan fingerprint density at radius 2 is 1.83 bits per heavy atom. The first-order valence-electron chi connectivity index (χ1n) is 13.0. The normalized spacial score (nSPS) is 19.7. The molecule has 1 aromatic carbocycles. The van der Waals surface area contributed by atoms with Crippen LogP contribution < -0.4 is 10.0 Å². The first-order valence-corrected chi connectivity index (χ1v) is 14.5. The lowest BCUT2D eigenvalue weighted by molar-refractivity contribution is -0.126. The number of pyridine rings is 1. The van der Waals surface area contributed by atoms with E-state index in [1.54, 1.807) is 30.3 Å². The highest BCUT2D eigenvalue weighted by Crippen LogP contribution is 2.42. The molecule has 2 aliphatic heterocycles. The minimum Gasteiger partial charge on any atom is -0.352 e. The highest BCUT2D eigenvalue weighted by molar-refractivity contribution is 7.90. The number of piperazine rings is 1. The summed E-state index contributed by atoms with van der Waals surface area (Å²) < 4.78 is 30.4. The van der Waals surface area contributed by atoms with Gasteiger partial charge in [0.2, 0.25) is 5.91 Å². The van der Waals surface area contributed by atoms with Gasteiger partial charge in [-0.1, -0.05) is 12.1 Å². The SMILES string of the molecule is COC1(S(N)(=O)=O)CC=C(c2cccnc2-c2ccc3ncnc(N4CCN(C(=O)C=CC(C)=O)CC4)c3c2)N1C. The number of sulfonamides is 1. The van der Waals surface area contributed by atoms with Crippen LogP contribution in [-0.2, 0) is 24.3 Å². The molecule has 1 fully saturated rings. The van der Waals surface area contributed by atoms with E-state index in [1.807, 2.05) is 24.3 Å². The number of methoxy groups -OCH3 is 1. The van der Waals surface area contributed by atoms with Crippen molar-refractivity contribution < 1.29 is 22.7 Å². The fraction of sp³-hybridized carbons (Fsp3) is 0.321. The lowest BCUT2D eigenvalue weighted by Gasteiger charge is -2.35. The standard InChI is InChI=1S/C28H31N7O5S/c1-19(36)6-9-25(37)34-13-15-35(16-14-34)27-22-17-20(7-8-23(22)31-18-32-27)26-21(5-4-12-30-26)24-10-11-28(40-3,33(24)2)41(29,38)39/h4-10,12,17-18H,11,13-16H2,1-3H3,(H2,29,38,39). The quantitative estimate of drug-likeness (QED) is 0.411. The number of rotatable bonds is 7. The largest absolute Gasteiger partial charge is 0.352 e. The molecule has 2 aromatic heterocycles. The number of allylic oxidation sites excluding steroid dienone is 1. The number of aromatic nitrogens is 3. The van der Waals surface area contributed by atoms with Crippen molar-refractivity contribution in [3.8, 4) is 11.3 Å². The van der Waals surface area contributed by atoms with Crippen molar-refractivity contribution in [2.45, 2.75) is 18.4 Å². The summed E-state index contributed by atoms with van der Waals surface area (Å²) in [5, 5.41) is 4.69. The number of ether oxygens (including phenoxy) is 1.